The Morgan fingerprint density at radius 3 is 2.64 bits per heavy atom. The van der Waals surface area contributed by atoms with Gasteiger partial charge in [0.1, 0.15) is 13.0 Å². The fourth-order valence-electron chi connectivity index (χ4n) is 2.33. The van der Waals surface area contributed by atoms with E-state index in [2.05, 4.69) is 0 Å². The smallest absolute Gasteiger partial charge is 0.313 e. The van der Waals surface area contributed by atoms with E-state index in [0.29, 0.717) is 0 Å². The third kappa shape index (κ3) is 4.65. The highest BCUT2D eigenvalue weighted by Gasteiger charge is 2.30. The van der Waals surface area contributed by atoms with Crippen LogP contribution in [0.3, 0.4) is 0 Å². The van der Waals surface area contributed by atoms with Gasteiger partial charge in [-0.2, -0.15) is 0 Å². The lowest BCUT2D eigenvalue weighted by molar-refractivity contribution is -0.148. The van der Waals surface area contributed by atoms with Gasteiger partial charge in [-0.25, -0.2) is 0 Å². The van der Waals surface area contributed by atoms with Crippen LogP contribution in [-0.4, -0.2) is 42.3 Å². The van der Waals surface area contributed by atoms with Crippen LogP contribution in [0.2, 0.25) is 0 Å². The average Bonchev–Trinajstić information content (AvgIpc) is 2.86. The van der Waals surface area contributed by atoms with E-state index in [-0.39, 0.29) is 44.4 Å². The summed E-state index contributed by atoms with van der Waals surface area (Å²) in [5.41, 5.74) is 0.837. The first-order valence-electron chi connectivity index (χ1n) is 7.13. The summed E-state index contributed by atoms with van der Waals surface area (Å²) < 4.78 is 17.5. The minimum atomic E-state index is -0.623. The highest BCUT2D eigenvalue weighted by atomic mass is 19.1. The molecule has 1 atom stereocenters. The monoisotopic (exact) mass is 307 g/mol. The summed E-state index contributed by atoms with van der Waals surface area (Å²) >= 11 is 0. The van der Waals surface area contributed by atoms with Crippen molar-refractivity contribution in [1.29, 1.82) is 0 Å². The van der Waals surface area contributed by atoms with Crippen LogP contribution < -0.4 is 0 Å². The maximum Gasteiger partial charge on any atom is 0.313 e. The number of ketones is 1. The Bertz CT molecular complexity index is 546. The molecule has 1 aliphatic rings. The van der Waals surface area contributed by atoms with E-state index in [1.54, 1.807) is 0 Å². The van der Waals surface area contributed by atoms with Gasteiger partial charge in [-0.1, -0.05) is 30.3 Å². The van der Waals surface area contributed by atoms with E-state index >= 15 is 0 Å². The van der Waals surface area contributed by atoms with Gasteiger partial charge < -0.3 is 9.64 Å². The Morgan fingerprint density at radius 2 is 2.00 bits per heavy atom. The molecule has 1 heterocycles. The first kappa shape index (κ1) is 16.1. The molecule has 0 N–H and O–H groups in total. The summed E-state index contributed by atoms with van der Waals surface area (Å²) in [5.74, 6) is -1.60. The van der Waals surface area contributed by atoms with Gasteiger partial charge in [-0.15, -0.1) is 0 Å². The number of likely N-dealkylation sites (tertiary alicyclic amines) is 1. The highest BCUT2D eigenvalue weighted by Crippen LogP contribution is 2.18. The van der Waals surface area contributed by atoms with E-state index in [4.69, 9.17) is 4.74 Å². The second-order valence-electron chi connectivity index (χ2n) is 5.36. The third-order valence-corrected chi connectivity index (χ3v) is 3.46. The maximum absolute atomic E-state index is 12.5. The van der Waals surface area contributed by atoms with Gasteiger partial charge in [0.25, 0.3) is 0 Å². The van der Waals surface area contributed by atoms with Gasteiger partial charge in [-0.05, 0) is 5.56 Å². The molecule has 1 fully saturated rings. The third-order valence-electron chi connectivity index (χ3n) is 3.46. The quantitative estimate of drug-likeness (QED) is 0.566. The topological polar surface area (TPSA) is 63.7 Å². The molecular formula is C16H18FNO4. The number of halogens is 1. The Labute approximate surface area is 128 Å². The maximum atomic E-state index is 12.5. The highest BCUT2D eigenvalue weighted by molar-refractivity contribution is 5.98. The number of hydrogen-bond acceptors (Lipinski definition) is 4. The van der Waals surface area contributed by atoms with Gasteiger partial charge >= 0.3 is 5.97 Å². The van der Waals surface area contributed by atoms with Gasteiger partial charge in [0.15, 0.2) is 5.78 Å². The number of carbonyl (C=O) groups excluding carboxylic acids is 3. The largest absolute Gasteiger partial charge is 0.460 e. The van der Waals surface area contributed by atoms with Gasteiger partial charge in [0, 0.05) is 18.9 Å². The SMILES string of the molecule is O=C(CC(=O)OCc1ccccc1)CN1C[C@@H](CF)CC1=O. The Balaban J connectivity index is 1.72. The molecule has 5 nitrogen and oxygen atoms in total. The van der Waals surface area contributed by atoms with Crippen molar-refractivity contribution in [1.82, 2.24) is 4.90 Å². The molecule has 1 saturated heterocycles. The molecule has 1 aromatic rings. The van der Waals surface area contributed by atoms with Crippen molar-refractivity contribution in [3.8, 4) is 0 Å². The van der Waals surface area contributed by atoms with Crippen molar-refractivity contribution < 1.29 is 23.5 Å². The molecule has 1 amide bonds. The van der Waals surface area contributed by atoms with E-state index in [9.17, 15) is 18.8 Å². The summed E-state index contributed by atoms with van der Waals surface area (Å²) in [6, 6.07) is 9.14. The van der Waals surface area contributed by atoms with Crippen molar-refractivity contribution in [2.24, 2.45) is 5.92 Å². The van der Waals surface area contributed by atoms with Crippen LogP contribution in [0, 0.1) is 5.92 Å². The lowest BCUT2D eigenvalue weighted by Crippen LogP contribution is -2.32. The van der Waals surface area contributed by atoms with Crippen LogP contribution in [0.25, 0.3) is 0 Å². The zero-order chi connectivity index (χ0) is 15.9. The number of rotatable bonds is 7. The Morgan fingerprint density at radius 1 is 1.27 bits per heavy atom. The minimum absolute atomic E-state index is 0.111. The van der Waals surface area contributed by atoms with Gasteiger partial charge in [0.05, 0.1) is 13.2 Å². The molecule has 1 aromatic carbocycles. The predicted octanol–water partition coefficient (Wildman–Crippen LogP) is 1.51. The fourth-order valence-corrected chi connectivity index (χ4v) is 2.33. The molecule has 118 valence electrons. The fraction of sp³-hybridized carbons (Fsp3) is 0.438. The van der Waals surface area contributed by atoms with Crippen molar-refractivity contribution in [3.05, 3.63) is 35.9 Å². The molecule has 0 unspecified atom stereocenters. The normalized spacial score (nSPS) is 17.6. The summed E-state index contributed by atoms with van der Waals surface area (Å²) in [4.78, 5) is 36.2. The number of amides is 1. The predicted molar refractivity (Wildman–Crippen MR) is 76.5 cm³/mol. The van der Waals surface area contributed by atoms with Crippen LogP contribution in [-0.2, 0) is 25.7 Å². The van der Waals surface area contributed by atoms with Crippen LogP contribution in [0.1, 0.15) is 18.4 Å². The van der Waals surface area contributed by atoms with Crippen LogP contribution >= 0.6 is 0 Å². The molecule has 0 aliphatic carbocycles. The number of esters is 1. The number of alkyl halides is 1. The van der Waals surface area contributed by atoms with E-state index in [1.807, 2.05) is 30.3 Å². The van der Waals surface area contributed by atoms with Crippen LogP contribution in [0.4, 0.5) is 4.39 Å². The number of carbonyl (C=O) groups is 3. The van der Waals surface area contributed by atoms with Crippen molar-refractivity contribution in [2.75, 3.05) is 19.8 Å². The lowest BCUT2D eigenvalue weighted by Gasteiger charge is -2.14. The molecule has 22 heavy (non-hydrogen) atoms. The summed E-state index contributed by atoms with van der Waals surface area (Å²) in [6.07, 6.45) is -0.251. The molecular weight excluding hydrogens is 289 g/mol. The molecule has 1 aliphatic heterocycles. The second kappa shape index (κ2) is 7.68. The van der Waals surface area contributed by atoms with Crippen molar-refractivity contribution in [3.63, 3.8) is 0 Å². The number of hydrogen-bond donors (Lipinski definition) is 0. The van der Waals surface area contributed by atoms with Crippen LogP contribution in [0.5, 0.6) is 0 Å². The van der Waals surface area contributed by atoms with Gasteiger partial charge in [0.2, 0.25) is 5.91 Å². The van der Waals surface area contributed by atoms with Gasteiger partial charge in [-0.3, -0.25) is 18.8 Å². The Kier molecular flexibility index (Phi) is 5.63. The zero-order valence-corrected chi connectivity index (χ0v) is 12.2. The Hall–Kier alpha value is -2.24. The molecule has 0 saturated carbocycles. The van der Waals surface area contributed by atoms with Crippen molar-refractivity contribution >= 4 is 17.7 Å². The lowest BCUT2D eigenvalue weighted by atomic mass is 10.1. The first-order chi connectivity index (χ1) is 10.6. The molecule has 0 aromatic heterocycles. The minimum Gasteiger partial charge on any atom is -0.460 e. The van der Waals surface area contributed by atoms with E-state index in [0.717, 1.165) is 5.56 Å². The number of ether oxygens (including phenoxy) is 1. The first-order valence-corrected chi connectivity index (χ1v) is 7.13. The van der Waals surface area contributed by atoms with E-state index < -0.39 is 18.4 Å². The molecule has 6 heteroatoms. The summed E-state index contributed by atoms with van der Waals surface area (Å²) in [7, 11) is 0. The molecule has 2 rings (SSSR count). The van der Waals surface area contributed by atoms with E-state index in [1.165, 1.54) is 4.90 Å². The summed E-state index contributed by atoms with van der Waals surface area (Å²) in [5, 5.41) is 0. The van der Waals surface area contributed by atoms with Crippen molar-refractivity contribution in [2.45, 2.75) is 19.4 Å². The standard InChI is InChI=1S/C16H18FNO4/c17-8-13-6-15(20)18(9-13)10-14(19)7-16(21)22-11-12-4-2-1-3-5-12/h1-5,13H,6-11H2/t13-/m1/s1. The molecule has 0 bridgehead atoms. The number of Topliss-reactive ketones (excluding diaryl/α,β-unsaturated/α-hetero) is 1. The second-order valence-corrected chi connectivity index (χ2v) is 5.36. The number of nitrogens with zero attached hydrogens (tertiary/aromatic N) is 1. The summed E-state index contributed by atoms with van der Waals surface area (Å²) in [6.45, 7) is -0.384. The van der Waals surface area contributed by atoms with Crippen LogP contribution in [0.15, 0.2) is 30.3 Å². The number of benzene rings is 1. The molecule has 0 radical (unpaired) electrons. The molecule has 0 spiro atoms. The average molecular weight is 307 g/mol. The zero-order valence-electron chi connectivity index (χ0n) is 12.2.